The Morgan fingerprint density at radius 2 is 2.00 bits per heavy atom. The SMILES string of the molecule is C[C@@H]1[C@H](C(=O)O)CCCN1S(=O)(=O)c1cc(Br)c(F)cc1F. The van der Waals surface area contributed by atoms with Crippen LogP contribution in [0.4, 0.5) is 8.78 Å². The number of carbonyl (C=O) groups is 1. The molecule has 0 bridgehead atoms. The van der Waals surface area contributed by atoms with E-state index in [0.29, 0.717) is 18.9 Å². The van der Waals surface area contributed by atoms with Crippen molar-refractivity contribution in [3.05, 3.63) is 28.2 Å². The van der Waals surface area contributed by atoms with Gasteiger partial charge < -0.3 is 5.11 Å². The summed E-state index contributed by atoms with van der Waals surface area (Å²) >= 11 is 2.83. The van der Waals surface area contributed by atoms with Crippen LogP contribution < -0.4 is 0 Å². The first-order chi connectivity index (χ1) is 10.2. The maximum atomic E-state index is 13.9. The fourth-order valence-electron chi connectivity index (χ4n) is 2.61. The van der Waals surface area contributed by atoms with Crippen LogP contribution in [0.5, 0.6) is 0 Å². The molecule has 1 aromatic carbocycles. The van der Waals surface area contributed by atoms with Crippen LogP contribution in [0.3, 0.4) is 0 Å². The zero-order chi connectivity index (χ0) is 16.7. The molecule has 2 rings (SSSR count). The number of carboxylic acids is 1. The molecule has 0 aromatic heterocycles. The highest BCUT2D eigenvalue weighted by atomic mass is 79.9. The van der Waals surface area contributed by atoms with Crippen molar-refractivity contribution in [2.45, 2.75) is 30.7 Å². The van der Waals surface area contributed by atoms with Crippen LogP contribution in [0.1, 0.15) is 19.8 Å². The van der Waals surface area contributed by atoms with E-state index in [4.69, 9.17) is 5.11 Å². The van der Waals surface area contributed by atoms with E-state index in [1.165, 1.54) is 6.92 Å². The van der Waals surface area contributed by atoms with Gasteiger partial charge in [-0.05, 0) is 41.8 Å². The average Bonchev–Trinajstić information content (AvgIpc) is 2.42. The minimum Gasteiger partial charge on any atom is -0.481 e. The molecule has 0 spiro atoms. The van der Waals surface area contributed by atoms with Gasteiger partial charge in [-0.3, -0.25) is 4.79 Å². The van der Waals surface area contributed by atoms with Gasteiger partial charge in [0.25, 0.3) is 0 Å². The Labute approximate surface area is 135 Å². The second-order valence-electron chi connectivity index (χ2n) is 5.14. The number of sulfonamides is 1. The molecule has 0 radical (unpaired) electrons. The van der Waals surface area contributed by atoms with Gasteiger partial charge in [-0.15, -0.1) is 0 Å². The van der Waals surface area contributed by atoms with Crippen molar-refractivity contribution in [2.24, 2.45) is 5.92 Å². The summed E-state index contributed by atoms with van der Waals surface area (Å²) in [7, 11) is -4.25. The van der Waals surface area contributed by atoms with Gasteiger partial charge in [0.05, 0.1) is 10.4 Å². The van der Waals surface area contributed by atoms with Gasteiger partial charge in [-0.1, -0.05) is 0 Å². The van der Waals surface area contributed by atoms with Crippen LogP contribution in [0.2, 0.25) is 0 Å². The van der Waals surface area contributed by atoms with E-state index in [2.05, 4.69) is 15.9 Å². The first-order valence-electron chi connectivity index (χ1n) is 6.55. The smallest absolute Gasteiger partial charge is 0.308 e. The number of hydrogen-bond donors (Lipinski definition) is 1. The van der Waals surface area contributed by atoms with Crippen LogP contribution in [-0.2, 0) is 14.8 Å². The number of nitrogens with zero attached hydrogens (tertiary/aromatic N) is 1. The van der Waals surface area contributed by atoms with E-state index in [9.17, 15) is 22.0 Å². The lowest BCUT2D eigenvalue weighted by Gasteiger charge is -2.36. The van der Waals surface area contributed by atoms with Gasteiger partial charge in [-0.2, -0.15) is 4.31 Å². The summed E-state index contributed by atoms with van der Waals surface area (Å²) in [5.74, 6) is -4.06. The number of piperidine rings is 1. The third kappa shape index (κ3) is 3.02. The van der Waals surface area contributed by atoms with Crippen LogP contribution in [0.25, 0.3) is 0 Å². The molecule has 5 nitrogen and oxygen atoms in total. The predicted octanol–water partition coefficient (Wildman–Crippen LogP) is 2.60. The lowest BCUT2D eigenvalue weighted by atomic mass is 9.92. The standard InChI is InChI=1S/C13H14BrF2NO4S/c1-7-8(13(18)19)3-2-4-17(7)22(20,21)12-5-9(14)10(15)6-11(12)16/h5-8H,2-4H2,1H3,(H,18,19)/t7-,8-/m1/s1. The summed E-state index contributed by atoms with van der Waals surface area (Å²) in [6.45, 7) is 1.58. The Morgan fingerprint density at radius 3 is 2.59 bits per heavy atom. The molecule has 1 aliphatic rings. The van der Waals surface area contributed by atoms with Crippen molar-refractivity contribution < 1.29 is 27.1 Å². The third-order valence-electron chi connectivity index (χ3n) is 3.81. The molecule has 1 heterocycles. The second kappa shape index (κ2) is 6.21. The Hall–Kier alpha value is -1.06. The van der Waals surface area contributed by atoms with Gasteiger partial charge >= 0.3 is 5.97 Å². The van der Waals surface area contributed by atoms with Crippen LogP contribution in [0, 0.1) is 17.6 Å². The van der Waals surface area contributed by atoms with Crippen molar-refractivity contribution in [1.82, 2.24) is 4.31 Å². The highest BCUT2D eigenvalue weighted by molar-refractivity contribution is 9.10. The lowest BCUT2D eigenvalue weighted by molar-refractivity contribution is -0.144. The number of benzene rings is 1. The molecule has 0 saturated carbocycles. The summed E-state index contributed by atoms with van der Waals surface area (Å²) in [4.78, 5) is 10.5. The molecule has 1 saturated heterocycles. The minimum absolute atomic E-state index is 0.0989. The van der Waals surface area contributed by atoms with E-state index >= 15 is 0 Å². The summed E-state index contributed by atoms with van der Waals surface area (Å²) in [6, 6.07) is 0.539. The normalized spacial score (nSPS) is 23.5. The van der Waals surface area contributed by atoms with Crippen molar-refractivity contribution >= 4 is 31.9 Å². The molecular weight excluding hydrogens is 384 g/mol. The van der Waals surface area contributed by atoms with Crippen LogP contribution in [0.15, 0.2) is 21.5 Å². The molecule has 1 aliphatic heterocycles. The van der Waals surface area contributed by atoms with Gasteiger partial charge in [0, 0.05) is 18.7 Å². The summed E-state index contributed by atoms with van der Waals surface area (Å²) in [5.41, 5.74) is 0. The molecule has 0 unspecified atom stereocenters. The molecule has 122 valence electrons. The molecule has 0 aliphatic carbocycles. The fourth-order valence-corrected chi connectivity index (χ4v) is 4.88. The number of carboxylic acid groups (broad SMARTS) is 1. The Kier molecular flexibility index (Phi) is 4.88. The van der Waals surface area contributed by atoms with E-state index < -0.39 is 44.5 Å². The zero-order valence-electron chi connectivity index (χ0n) is 11.6. The fraction of sp³-hybridized carbons (Fsp3) is 0.462. The summed E-state index contributed by atoms with van der Waals surface area (Å²) in [5, 5.41) is 9.15. The Balaban J connectivity index is 2.46. The van der Waals surface area contributed by atoms with Crippen molar-refractivity contribution in [2.75, 3.05) is 6.54 Å². The topological polar surface area (TPSA) is 74.7 Å². The maximum absolute atomic E-state index is 13.9. The molecule has 22 heavy (non-hydrogen) atoms. The quantitative estimate of drug-likeness (QED) is 0.795. The molecule has 1 aromatic rings. The molecular formula is C13H14BrF2NO4S. The first-order valence-corrected chi connectivity index (χ1v) is 8.78. The van der Waals surface area contributed by atoms with E-state index in [1.807, 2.05) is 0 Å². The van der Waals surface area contributed by atoms with E-state index in [0.717, 1.165) is 10.4 Å². The molecule has 2 atom stereocenters. The van der Waals surface area contributed by atoms with Crippen LogP contribution in [-0.4, -0.2) is 36.4 Å². The van der Waals surface area contributed by atoms with E-state index in [-0.39, 0.29) is 11.0 Å². The van der Waals surface area contributed by atoms with Crippen LogP contribution >= 0.6 is 15.9 Å². The summed E-state index contributed by atoms with van der Waals surface area (Å²) in [6.07, 6.45) is 0.725. The highest BCUT2D eigenvalue weighted by Crippen LogP contribution is 2.32. The summed E-state index contributed by atoms with van der Waals surface area (Å²) < 4.78 is 53.1. The van der Waals surface area contributed by atoms with Gasteiger partial charge in [0.15, 0.2) is 0 Å². The zero-order valence-corrected chi connectivity index (χ0v) is 14.0. The molecule has 1 N–H and O–H groups in total. The number of halogens is 3. The van der Waals surface area contributed by atoms with Gasteiger partial charge in [-0.25, -0.2) is 17.2 Å². The number of hydrogen-bond acceptors (Lipinski definition) is 3. The maximum Gasteiger partial charge on any atom is 0.308 e. The molecule has 0 amide bonds. The Bertz CT molecular complexity index is 710. The van der Waals surface area contributed by atoms with Crippen molar-refractivity contribution in [1.29, 1.82) is 0 Å². The average molecular weight is 398 g/mol. The molecule has 1 fully saturated rings. The lowest BCUT2D eigenvalue weighted by Crippen LogP contribution is -2.49. The number of rotatable bonds is 3. The largest absolute Gasteiger partial charge is 0.481 e. The molecule has 9 heteroatoms. The monoisotopic (exact) mass is 397 g/mol. The van der Waals surface area contributed by atoms with Gasteiger partial charge in [0.1, 0.15) is 16.5 Å². The highest BCUT2D eigenvalue weighted by Gasteiger charge is 2.40. The number of aliphatic carboxylic acids is 1. The second-order valence-corrected chi connectivity index (χ2v) is 7.85. The third-order valence-corrected chi connectivity index (χ3v) is 6.42. The minimum atomic E-state index is -4.25. The van der Waals surface area contributed by atoms with Crippen molar-refractivity contribution in [3.63, 3.8) is 0 Å². The predicted molar refractivity (Wildman–Crippen MR) is 77.8 cm³/mol. The van der Waals surface area contributed by atoms with Crippen molar-refractivity contribution in [3.8, 4) is 0 Å². The first kappa shape index (κ1) is 17.3. The Morgan fingerprint density at radius 1 is 1.36 bits per heavy atom. The van der Waals surface area contributed by atoms with Gasteiger partial charge in [0.2, 0.25) is 10.0 Å². The van der Waals surface area contributed by atoms with E-state index in [1.54, 1.807) is 0 Å².